The van der Waals surface area contributed by atoms with E-state index in [1.807, 2.05) is 42.5 Å². The number of hydrogen-bond donors (Lipinski definition) is 3. The highest BCUT2D eigenvalue weighted by Crippen LogP contribution is 2.24. The van der Waals surface area contributed by atoms with Crippen LogP contribution in [0.4, 0.5) is 22.1 Å². The number of rotatable bonds is 5. The van der Waals surface area contributed by atoms with Crippen molar-refractivity contribution in [3.8, 4) is 0 Å². The number of amides is 2. The number of aromatic nitrogens is 1. The number of urea groups is 1. The number of fused-ring (bicyclic) bond motifs is 1. The van der Waals surface area contributed by atoms with Crippen molar-refractivity contribution >= 4 is 44.1 Å². The van der Waals surface area contributed by atoms with Crippen molar-refractivity contribution in [1.82, 2.24) is 5.16 Å². The Morgan fingerprint density at radius 1 is 0.903 bits per heavy atom. The van der Waals surface area contributed by atoms with Crippen molar-refractivity contribution in [3.05, 3.63) is 78.0 Å². The molecular weight excluding hydrogens is 416 g/mol. The summed E-state index contributed by atoms with van der Waals surface area (Å²) in [7, 11) is -3.85. The molecule has 0 aliphatic rings. The van der Waals surface area contributed by atoms with E-state index in [9.17, 15) is 13.2 Å². The summed E-state index contributed by atoms with van der Waals surface area (Å²) in [5.74, 6) is 0.0779. The van der Waals surface area contributed by atoms with E-state index < -0.39 is 16.1 Å². The summed E-state index contributed by atoms with van der Waals surface area (Å²) >= 11 is 0. The molecule has 0 bridgehead atoms. The summed E-state index contributed by atoms with van der Waals surface area (Å²) in [6.45, 7) is 3.44. The second-order valence-electron chi connectivity index (χ2n) is 6.96. The monoisotopic (exact) mass is 436 g/mol. The largest absolute Gasteiger partial charge is 0.337 e. The fraction of sp³-hybridized carbons (Fsp3) is 0.0909. The average molecular weight is 436 g/mol. The number of aryl methyl sites for hydroxylation is 1. The minimum absolute atomic E-state index is 0.0287. The molecule has 0 radical (unpaired) electrons. The summed E-state index contributed by atoms with van der Waals surface area (Å²) < 4.78 is 32.5. The third kappa shape index (κ3) is 4.36. The Hall–Kier alpha value is -3.85. The van der Waals surface area contributed by atoms with E-state index in [-0.39, 0.29) is 10.8 Å². The molecule has 0 aliphatic heterocycles. The van der Waals surface area contributed by atoms with Gasteiger partial charge in [-0.05, 0) is 49.6 Å². The molecule has 4 rings (SSSR count). The van der Waals surface area contributed by atoms with Crippen LogP contribution in [0.3, 0.4) is 0 Å². The van der Waals surface area contributed by atoms with Crippen LogP contribution in [0.5, 0.6) is 0 Å². The molecule has 0 aliphatic carbocycles. The van der Waals surface area contributed by atoms with Crippen molar-refractivity contribution in [2.24, 2.45) is 0 Å². The average Bonchev–Trinajstić information content (AvgIpc) is 3.06. The van der Waals surface area contributed by atoms with Gasteiger partial charge in [0, 0.05) is 16.6 Å². The highest BCUT2D eigenvalue weighted by Gasteiger charge is 2.19. The fourth-order valence-corrected chi connectivity index (χ4v) is 4.07. The number of sulfonamides is 1. The molecule has 1 heterocycles. The van der Waals surface area contributed by atoms with E-state index in [1.165, 1.54) is 24.3 Å². The zero-order valence-electron chi connectivity index (χ0n) is 16.8. The van der Waals surface area contributed by atoms with Crippen molar-refractivity contribution in [2.75, 3.05) is 15.4 Å². The third-order valence-electron chi connectivity index (χ3n) is 4.84. The van der Waals surface area contributed by atoms with Gasteiger partial charge in [-0.15, -0.1) is 0 Å². The van der Waals surface area contributed by atoms with Crippen LogP contribution in [0.2, 0.25) is 0 Å². The Morgan fingerprint density at radius 2 is 1.61 bits per heavy atom. The molecule has 1 aromatic heterocycles. The molecule has 8 nitrogen and oxygen atoms in total. The minimum Gasteiger partial charge on any atom is -0.337 e. The van der Waals surface area contributed by atoms with Crippen LogP contribution in [-0.4, -0.2) is 19.6 Å². The molecule has 31 heavy (non-hydrogen) atoms. The van der Waals surface area contributed by atoms with Gasteiger partial charge in [-0.3, -0.25) is 0 Å². The normalized spacial score (nSPS) is 11.3. The summed E-state index contributed by atoms with van der Waals surface area (Å²) in [6, 6.07) is 18.8. The molecule has 9 heteroatoms. The maximum absolute atomic E-state index is 12.6. The van der Waals surface area contributed by atoms with Crippen LogP contribution in [0.15, 0.2) is 76.1 Å². The van der Waals surface area contributed by atoms with Crippen molar-refractivity contribution in [2.45, 2.75) is 18.7 Å². The molecule has 0 saturated carbocycles. The van der Waals surface area contributed by atoms with Gasteiger partial charge >= 0.3 is 6.03 Å². The SMILES string of the molecule is Cc1noc(NS(=O)(=O)c2ccc(NC(=O)Nc3cccc4ccccc34)cc2)c1C. The molecule has 3 aromatic carbocycles. The quantitative estimate of drug-likeness (QED) is 0.412. The summed E-state index contributed by atoms with van der Waals surface area (Å²) in [4.78, 5) is 12.4. The van der Waals surface area contributed by atoms with Gasteiger partial charge in [0.2, 0.25) is 5.88 Å². The fourth-order valence-electron chi connectivity index (χ4n) is 3.03. The van der Waals surface area contributed by atoms with Gasteiger partial charge in [-0.1, -0.05) is 41.6 Å². The predicted octanol–water partition coefficient (Wildman–Crippen LogP) is 4.89. The first-order valence-electron chi connectivity index (χ1n) is 9.45. The first kappa shape index (κ1) is 20.4. The van der Waals surface area contributed by atoms with Crippen molar-refractivity contribution < 1.29 is 17.7 Å². The van der Waals surface area contributed by atoms with E-state index in [2.05, 4.69) is 20.5 Å². The number of carbonyl (C=O) groups is 1. The molecule has 0 spiro atoms. The van der Waals surface area contributed by atoms with E-state index in [4.69, 9.17) is 4.52 Å². The third-order valence-corrected chi connectivity index (χ3v) is 6.19. The van der Waals surface area contributed by atoms with Gasteiger partial charge in [-0.2, -0.15) is 0 Å². The Labute approximate surface area is 179 Å². The lowest BCUT2D eigenvalue weighted by molar-refractivity contribution is 0.262. The molecule has 4 aromatic rings. The second-order valence-corrected chi connectivity index (χ2v) is 8.64. The lowest BCUT2D eigenvalue weighted by Crippen LogP contribution is -2.19. The molecule has 0 atom stereocenters. The van der Waals surface area contributed by atoms with Gasteiger partial charge in [0.05, 0.1) is 16.3 Å². The van der Waals surface area contributed by atoms with Crippen LogP contribution in [0, 0.1) is 13.8 Å². The van der Waals surface area contributed by atoms with Gasteiger partial charge in [0.25, 0.3) is 10.0 Å². The van der Waals surface area contributed by atoms with Crippen LogP contribution in [0.1, 0.15) is 11.3 Å². The number of carbonyl (C=O) groups excluding carboxylic acids is 1. The smallest absolute Gasteiger partial charge is 0.323 e. The maximum atomic E-state index is 12.6. The first-order chi connectivity index (χ1) is 14.8. The number of anilines is 3. The molecule has 0 saturated heterocycles. The van der Waals surface area contributed by atoms with Crippen LogP contribution in [-0.2, 0) is 10.0 Å². The molecule has 0 unspecified atom stereocenters. The predicted molar refractivity (Wildman–Crippen MR) is 120 cm³/mol. The van der Waals surface area contributed by atoms with Gasteiger partial charge < -0.3 is 15.2 Å². The lowest BCUT2D eigenvalue weighted by atomic mass is 10.1. The first-order valence-corrected chi connectivity index (χ1v) is 10.9. The van der Waals surface area contributed by atoms with Crippen molar-refractivity contribution in [1.29, 1.82) is 0 Å². The second kappa shape index (κ2) is 8.11. The Morgan fingerprint density at radius 3 is 2.32 bits per heavy atom. The Kier molecular flexibility index (Phi) is 5.35. The number of hydrogen-bond acceptors (Lipinski definition) is 5. The lowest BCUT2D eigenvalue weighted by Gasteiger charge is -2.11. The topological polar surface area (TPSA) is 113 Å². The van der Waals surface area contributed by atoms with E-state index in [1.54, 1.807) is 13.8 Å². The van der Waals surface area contributed by atoms with Gasteiger partial charge in [-0.25, -0.2) is 17.9 Å². The van der Waals surface area contributed by atoms with Crippen LogP contribution in [0.25, 0.3) is 10.8 Å². The Bertz CT molecular complexity index is 1360. The number of benzene rings is 3. The Balaban J connectivity index is 1.45. The van der Waals surface area contributed by atoms with E-state index in [0.29, 0.717) is 22.6 Å². The standard InChI is InChI=1S/C22H20N4O4S/c1-14-15(2)25-30-21(14)26-31(28,29)18-12-10-17(11-13-18)23-22(27)24-20-9-5-7-16-6-3-4-8-19(16)20/h3-13,26H,1-2H3,(H2,23,24,27). The van der Waals surface area contributed by atoms with Crippen LogP contribution >= 0.6 is 0 Å². The van der Waals surface area contributed by atoms with Gasteiger partial charge in [0.15, 0.2) is 0 Å². The minimum atomic E-state index is -3.85. The molecular formula is C22H20N4O4S. The zero-order valence-corrected chi connectivity index (χ0v) is 17.7. The van der Waals surface area contributed by atoms with Crippen LogP contribution < -0.4 is 15.4 Å². The van der Waals surface area contributed by atoms with E-state index in [0.717, 1.165) is 10.8 Å². The maximum Gasteiger partial charge on any atom is 0.323 e. The highest BCUT2D eigenvalue weighted by molar-refractivity contribution is 7.92. The van der Waals surface area contributed by atoms with Crippen molar-refractivity contribution in [3.63, 3.8) is 0 Å². The summed E-state index contributed by atoms with van der Waals surface area (Å²) in [5.41, 5.74) is 2.35. The van der Waals surface area contributed by atoms with Gasteiger partial charge in [0.1, 0.15) is 0 Å². The van der Waals surface area contributed by atoms with E-state index >= 15 is 0 Å². The summed E-state index contributed by atoms with van der Waals surface area (Å²) in [6.07, 6.45) is 0. The number of nitrogens with one attached hydrogen (secondary N) is 3. The molecule has 158 valence electrons. The zero-order chi connectivity index (χ0) is 22.0. The number of nitrogens with zero attached hydrogens (tertiary/aromatic N) is 1. The molecule has 0 fully saturated rings. The highest BCUT2D eigenvalue weighted by atomic mass is 32.2. The molecule has 3 N–H and O–H groups in total. The summed E-state index contributed by atoms with van der Waals surface area (Å²) in [5, 5.41) is 11.2. The molecule has 2 amide bonds.